The van der Waals surface area contributed by atoms with Crippen LogP contribution in [0.2, 0.25) is 5.02 Å². The van der Waals surface area contributed by atoms with E-state index in [9.17, 15) is 0 Å². The highest BCUT2D eigenvalue weighted by Gasteiger charge is 2.19. The third-order valence-corrected chi connectivity index (χ3v) is 4.59. The SMILES string of the molecule is CCCn1cc(CN2CCCN(c3ncnc(N)c3Cl)CC2)cn1. The van der Waals surface area contributed by atoms with E-state index in [1.165, 1.54) is 11.9 Å². The Morgan fingerprint density at radius 2 is 2.08 bits per heavy atom. The van der Waals surface area contributed by atoms with E-state index < -0.39 is 0 Å². The highest BCUT2D eigenvalue weighted by molar-refractivity contribution is 6.35. The van der Waals surface area contributed by atoms with E-state index in [1.54, 1.807) is 0 Å². The predicted molar refractivity (Wildman–Crippen MR) is 96.1 cm³/mol. The Balaban J connectivity index is 1.61. The summed E-state index contributed by atoms with van der Waals surface area (Å²) in [5.41, 5.74) is 7.06. The summed E-state index contributed by atoms with van der Waals surface area (Å²) in [5.74, 6) is 1.08. The van der Waals surface area contributed by atoms with E-state index in [0.29, 0.717) is 10.8 Å². The Morgan fingerprint density at radius 1 is 1.21 bits per heavy atom. The third kappa shape index (κ3) is 3.96. The minimum absolute atomic E-state index is 0.339. The molecule has 2 N–H and O–H groups in total. The molecule has 2 aromatic rings. The van der Waals surface area contributed by atoms with Crippen LogP contribution in [0.5, 0.6) is 0 Å². The van der Waals surface area contributed by atoms with Crippen LogP contribution < -0.4 is 10.6 Å². The second kappa shape index (κ2) is 7.81. The van der Waals surface area contributed by atoms with Crippen molar-refractivity contribution in [3.8, 4) is 0 Å². The van der Waals surface area contributed by atoms with Crippen LogP contribution >= 0.6 is 11.6 Å². The van der Waals surface area contributed by atoms with E-state index in [2.05, 4.69) is 38.0 Å². The summed E-state index contributed by atoms with van der Waals surface area (Å²) in [6.07, 6.45) is 7.75. The third-order valence-electron chi connectivity index (χ3n) is 4.23. The van der Waals surface area contributed by atoms with Gasteiger partial charge in [-0.2, -0.15) is 5.10 Å². The van der Waals surface area contributed by atoms with Gasteiger partial charge in [0.25, 0.3) is 0 Å². The van der Waals surface area contributed by atoms with Crippen LogP contribution in [0.1, 0.15) is 25.3 Å². The first-order chi connectivity index (χ1) is 11.7. The van der Waals surface area contributed by atoms with Gasteiger partial charge in [-0.05, 0) is 12.8 Å². The standard InChI is InChI=1S/C16H24ClN7/c1-2-4-24-11-13(9-21-24)10-22-5-3-6-23(8-7-22)16-14(17)15(18)19-12-20-16/h9,11-12H,2-8,10H2,1H3,(H2,18,19,20). The molecular weight excluding hydrogens is 326 g/mol. The molecule has 0 amide bonds. The molecule has 7 nitrogen and oxygen atoms in total. The second-order valence-corrected chi connectivity index (χ2v) is 6.50. The van der Waals surface area contributed by atoms with E-state index in [-0.39, 0.29) is 0 Å². The first kappa shape index (κ1) is 17.0. The number of aromatic nitrogens is 4. The molecule has 0 spiro atoms. The van der Waals surface area contributed by atoms with Gasteiger partial charge in [0, 0.05) is 51.0 Å². The minimum Gasteiger partial charge on any atom is -0.382 e. The van der Waals surface area contributed by atoms with E-state index in [0.717, 1.165) is 57.9 Å². The van der Waals surface area contributed by atoms with Gasteiger partial charge >= 0.3 is 0 Å². The zero-order valence-corrected chi connectivity index (χ0v) is 14.8. The molecular formula is C16H24ClN7. The number of anilines is 2. The molecule has 1 aliphatic heterocycles. The molecule has 0 aromatic carbocycles. The van der Waals surface area contributed by atoms with Crippen molar-refractivity contribution in [1.29, 1.82) is 0 Å². The van der Waals surface area contributed by atoms with Crippen LogP contribution in [0.4, 0.5) is 11.6 Å². The number of nitrogens with zero attached hydrogens (tertiary/aromatic N) is 6. The summed E-state index contributed by atoms with van der Waals surface area (Å²) in [6.45, 7) is 7.86. The van der Waals surface area contributed by atoms with Gasteiger partial charge in [-0.3, -0.25) is 9.58 Å². The number of nitrogen functional groups attached to an aromatic ring is 1. The Hall–Kier alpha value is -1.86. The second-order valence-electron chi connectivity index (χ2n) is 6.12. The topological polar surface area (TPSA) is 76.1 Å². The van der Waals surface area contributed by atoms with Crippen molar-refractivity contribution >= 4 is 23.2 Å². The zero-order chi connectivity index (χ0) is 16.9. The molecule has 8 heteroatoms. The lowest BCUT2D eigenvalue weighted by atomic mass is 10.3. The van der Waals surface area contributed by atoms with Gasteiger partial charge in [-0.1, -0.05) is 18.5 Å². The molecule has 0 bridgehead atoms. The van der Waals surface area contributed by atoms with E-state index >= 15 is 0 Å². The van der Waals surface area contributed by atoms with Crippen LogP contribution in [0.15, 0.2) is 18.7 Å². The molecule has 1 fully saturated rings. The number of rotatable bonds is 5. The maximum absolute atomic E-state index is 6.26. The van der Waals surface area contributed by atoms with Gasteiger partial charge in [0.2, 0.25) is 0 Å². The lowest BCUT2D eigenvalue weighted by molar-refractivity contribution is 0.285. The Kier molecular flexibility index (Phi) is 5.52. The van der Waals surface area contributed by atoms with Gasteiger partial charge in [0.15, 0.2) is 5.82 Å². The minimum atomic E-state index is 0.339. The Morgan fingerprint density at radius 3 is 2.92 bits per heavy atom. The molecule has 130 valence electrons. The Bertz CT molecular complexity index is 672. The molecule has 24 heavy (non-hydrogen) atoms. The first-order valence-corrected chi connectivity index (χ1v) is 8.79. The van der Waals surface area contributed by atoms with Crippen LogP contribution in [0.25, 0.3) is 0 Å². The van der Waals surface area contributed by atoms with Gasteiger partial charge in [0.05, 0.1) is 6.20 Å². The maximum Gasteiger partial charge on any atom is 0.153 e. The van der Waals surface area contributed by atoms with Gasteiger partial charge < -0.3 is 10.6 Å². The summed E-state index contributed by atoms with van der Waals surface area (Å²) in [4.78, 5) is 12.9. The Labute approximate surface area is 147 Å². The molecule has 0 saturated carbocycles. The lowest BCUT2D eigenvalue weighted by Crippen LogP contribution is -2.31. The molecule has 1 aliphatic rings. The van der Waals surface area contributed by atoms with Gasteiger partial charge in [0.1, 0.15) is 17.2 Å². The first-order valence-electron chi connectivity index (χ1n) is 8.42. The van der Waals surface area contributed by atoms with Crippen molar-refractivity contribution in [1.82, 2.24) is 24.6 Å². The largest absolute Gasteiger partial charge is 0.382 e. The quantitative estimate of drug-likeness (QED) is 0.890. The monoisotopic (exact) mass is 349 g/mol. The molecule has 1 saturated heterocycles. The fraction of sp³-hybridized carbons (Fsp3) is 0.562. The smallest absolute Gasteiger partial charge is 0.153 e. The predicted octanol–water partition coefficient (Wildman–Crippen LogP) is 2.03. The molecule has 0 unspecified atom stereocenters. The summed E-state index contributed by atoms with van der Waals surface area (Å²) in [7, 11) is 0. The average Bonchev–Trinajstić information content (AvgIpc) is 2.87. The van der Waals surface area contributed by atoms with Crippen LogP contribution in [0, 0.1) is 0 Å². The molecule has 0 aliphatic carbocycles. The fourth-order valence-corrected chi connectivity index (χ4v) is 3.25. The molecule has 2 aromatic heterocycles. The van der Waals surface area contributed by atoms with Gasteiger partial charge in [-0.25, -0.2) is 9.97 Å². The number of hydrogen-bond donors (Lipinski definition) is 1. The van der Waals surface area contributed by atoms with Crippen molar-refractivity contribution in [2.75, 3.05) is 36.8 Å². The summed E-state index contributed by atoms with van der Waals surface area (Å²) >= 11 is 6.26. The average molecular weight is 350 g/mol. The highest BCUT2D eigenvalue weighted by atomic mass is 35.5. The van der Waals surface area contributed by atoms with Crippen molar-refractivity contribution in [2.45, 2.75) is 32.9 Å². The molecule has 3 heterocycles. The lowest BCUT2D eigenvalue weighted by Gasteiger charge is -2.23. The number of nitrogens with two attached hydrogens (primary N) is 1. The maximum atomic E-state index is 6.26. The summed E-state index contributed by atoms with van der Waals surface area (Å²) in [5, 5.41) is 4.86. The van der Waals surface area contributed by atoms with Crippen LogP contribution in [-0.2, 0) is 13.1 Å². The molecule has 0 atom stereocenters. The van der Waals surface area contributed by atoms with E-state index in [1.807, 2.05) is 10.9 Å². The molecule has 3 rings (SSSR count). The number of aryl methyl sites for hydroxylation is 1. The fourth-order valence-electron chi connectivity index (χ4n) is 3.03. The highest BCUT2D eigenvalue weighted by Crippen LogP contribution is 2.27. The molecule has 0 radical (unpaired) electrons. The van der Waals surface area contributed by atoms with E-state index in [4.69, 9.17) is 17.3 Å². The van der Waals surface area contributed by atoms with Crippen molar-refractivity contribution in [3.63, 3.8) is 0 Å². The number of halogens is 1. The normalized spacial score (nSPS) is 16.3. The van der Waals surface area contributed by atoms with Crippen LogP contribution in [0.3, 0.4) is 0 Å². The van der Waals surface area contributed by atoms with Crippen molar-refractivity contribution in [3.05, 3.63) is 29.3 Å². The number of hydrogen-bond acceptors (Lipinski definition) is 6. The zero-order valence-electron chi connectivity index (χ0n) is 14.0. The summed E-state index contributed by atoms with van der Waals surface area (Å²) < 4.78 is 2.02. The van der Waals surface area contributed by atoms with Crippen LogP contribution in [-0.4, -0.2) is 50.8 Å². The van der Waals surface area contributed by atoms with Gasteiger partial charge in [-0.15, -0.1) is 0 Å². The van der Waals surface area contributed by atoms with Crippen molar-refractivity contribution < 1.29 is 0 Å². The van der Waals surface area contributed by atoms with Crippen molar-refractivity contribution in [2.24, 2.45) is 0 Å². The summed E-state index contributed by atoms with van der Waals surface area (Å²) in [6, 6.07) is 0.